The van der Waals surface area contributed by atoms with Crippen LogP contribution in [0.15, 0.2) is 23.8 Å². The lowest BCUT2D eigenvalue weighted by Gasteiger charge is -2.55. The van der Waals surface area contributed by atoms with Crippen molar-refractivity contribution in [1.82, 2.24) is 0 Å². The number of aliphatic hydroxyl groups excluding tert-OH is 1. The molecule has 0 spiro atoms. The van der Waals surface area contributed by atoms with Crippen molar-refractivity contribution in [3.05, 3.63) is 23.8 Å². The highest BCUT2D eigenvalue weighted by molar-refractivity contribution is 5.91. The number of fused-ring (bicyclic) bond motifs is 5. The second-order valence-corrected chi connectivity index (χ2v) is 8.49. The third-order valence-corrected chi connectivity index (χ3v) is 7.27. The minimum Gasteiger partial charge on any atom is -0.458 e. The van der Waals surface area contributed by atoms with Gasteiger partial charge in [0.25, 0.3) is 0 Å². The highest BCUT2D eigenvalue weighted by atomic mass is 16.6. The van der Waals surface area contributed by atoms with Gasteiger partial charge in [-0.25, -0.2) is 9.59 Å². The number of allylic oxidation sites excluding steroid dienone is 1. The molecule has 2 saturated carbocycles. The van der Waals surface area contributed by atoms with Gasteiger partial charge in [-0.1, -0.05) is 19.6 Å². The molecule has 4 rings (SSSR count). The topological polar surface area (TPSA) is 85.4 Å². The summed E-state index contributed by atoms with van der Waals surface area (Å²) in [6, 6.07) is 0. The summed E-state index contributed by atoms with van der Waals surface area (Å²) in [4.78, 5) is 24.5. The first-order chi connectivity index (χ1) is 12.1. The lowest BCUT2D eigenvalue weighted by Crippen LogP contribution is -2.65. The molecule has 2 aliphatic carbocycles. The molecule has 0 unspecified atom stereocenters. The maximum Gasteiger partial charge on any atom is 0.334 e. The first-order valence-corrected chi connectivity index (χ1v) is 9.24. The number of hydrogen-bond acceptors (Lipinski definition) is 6. The fourth-order valence-corrected chi connectivity index (χ4v) is 5.41. The lowest BCUT2D eigenvalue weighted by molar-refractivity contribution is -0.207. The molecule has 4 fully saturated rings. The minimum atomic E-state index is -0.752. The summed E-state index contributed by atoms with van der Waals surface area (Å²) >= 11 is 0. The van der Waals surface area contributed by atoms with Crippen molar-refractivity contribution in [1.29, 1.82) is 0 Å². The number of ether oxygens (including phenoxy) is 3. The molecule has 4 aliphatic rings. The smallest absolute Gasteiger partial charge is 0.334 e. The number of carbonyl (C=O) groups is 2. The van der Waals surface area contributed by atoms with Gasteiger partial charge in [0, 0.05) is 34.8 Å². The zero-order valence-electron chi connectivity index (χ0n) is 15.7. The molecular formula is C20H26O6. The van der Waals surface area contributed by atoms with Crippen molar-refractivity contribution >= 4 is 11.9 Å². The zero-order chi connectivity index (χ0) is 19.0. The van der Waals surface area contributed by atoms with Gasteiger partial charge in [0.15, 0.2) is 0 Å². The molecule has 26 heavy (non-hydrogen) atoms. The summed E-state index contributed by atoms with van der Waals surface area (Å²) in [7, 11) is 0. The molecule has 2 heterocycles. The van der Waals surface area contributed by atoms with Crippen LogP contribution in [0.5, 0.6) is 0 Å². The van der Waals surface area contributed by atoms with E-state index < -0.39 is 35.3 Å². The molecular weight excluding hydrogens is 336 g/mol. The Bertz CT molecular complexity index is 726. The molecule has 8 atom stereocenters. The van der Waals surface area contributed by atoms with Crippen molar-refractivity contribution in [2.75, 3.05) is 0 Å². The largest absolute Gasteiger partial charge is 0.458 e. The molecule has 2 saturated heterocycles. The summed E-state index contributed by atoms with van der Waals surface area (Å²) < 4.78 is 17.5. The monoisotopic (exact) mass is 362 g/mol. The number of aliphatic hydroxyl groups is 1. The van der Waals surface area contributed by atoms with Crippen LogP contribution in [0.25, 0.3) is 0 Å². The van der Waals surface area contributed by atoms with Crippen LogP contribution in [-0.2, 0) is 23.8 Å². The molecule has 2 aliphatic heterocycles. The van der Waals surface area contributed by atoms with Crippen LogP contribution in [0.3, 0.4) is 0 Å². The lowest BCUT2D eigenvalue weighted by atomic mass is 9.51. The maximum absolute atomic E-state index is 12.4. The van der Waals surface area contributed by atoms with E-state index in [2.05, 4.69) is 6.58 Å². The van der Waals surface area contributed by atoms with Crippen molar-refractivity contribution in [3.8, 4) is 0 Å². The van der Waals surface area contributed by atoms with Crippen LogP contribution in [0.2, 0.25) is 0 Å². The van der Waals surface area contributed by atoms with Gasteiger partial charge in [0.1, 0.15) is 12.2 Å². The van der Waals surface area contributed by atoms with Crippen molar-refractivity contribution in [2.24, 2.45) is 17.3 Å². The second kappa shape index (κ2) is 5.42. The van der Waals surface area contributed by atoms with Crippen LogP contribution in [0.1, 0.15) is 40.5 Å². The molecule has 142 valence electrons. The molecule has 1 N–H and O–H groups in total. The van der Waals surface area contributed by atoms with E-state index in [0.29, 0.717) is 24.0 Å². The molecule has 0 aromatic carbocycles. The molecule has 0 aromatic rings. The molecule has 0 aromatic heterocycles. The van der Waals surface area contributed by atoms with E-state index in [1.807, 2.05) is 13.8 Å². The third kappa shape index (κ3) is 2.12. The van der Waals surface area contributed by atoms with E-state index in [1.165, 1.54) is 0 Å². The maximum atomic E-state index is 12.4. The highest BCUT2D eigenvalue weighted by Crippen LogP contribution is 2.66. The van der Waals surface area contributed by atoms with Crippen molar-refractivity contribution in [3.63, 3.8) is 0 Å². The van der Waals surface area contributed by atoms with Crippen LogP contribution in [0, 0.1) is 17.3 Å². The summed E-state index contributed by atoms with van der Waals surface area (Å²) in [5.41, 5.74) is -0.292. The zero-order valence-corrected chi connectivity index (χ0v) is 15.7. The Hall–Kier alpha value is -1.66. The molecule has 6 heteroatoms. The highest BCUT2D eigenvalue weighted by Gasteiger charge is 2.76. The fraction of sp³-hybridized carbons (Fsp3) is 0.700. The number of epoxide rings is 1. The first kappa shape index (κ1) is 17.7. The van der Waals surface area contributed by atoms with E-state index in [-0.39, 0.29) is 23.9 Å². The van der Waals surface area contributed by atoms with E-state index in [4.69, 9.17) is 14.2 Å². The van der Waals surface area contributed by atoms with E-state index in [9.17, 15) is 14.7 Å². The Balaban J connectivity index is 1.72. The van der Waals surface area contributed by atoms with Crippen LogP contribution < -0.4 is 0 Å². The Labute approximate surface area is 153 Å². The number of hydrogen-bond donors (Lipinski definition) is 1. The van der Waals surface area contributed by atoms with Crippen molar-refractivity contribution < 1.29 is 28.9 Å². The van der Waals surface area contributed by atoms with E-state index in [0.717, 1.165) is 0 Å². The summed E-state index contributed by atoms with van der Waals surface area (Å²) in [6.45, 7) is 11.3. The third-order valence-electron chi connectivity index (χ3n) is 7.27. The van der Waals surface area contributed by atoms with Gasteiger partial charge in [0.05, 0.1) is 17.8 Å². The predicted molar refractivity (Wildman–Crippen MR) is 91.9 cm³/mol. The molecule has 0 radical (unpaired) electrons. The Morgan fingerprint density at radius 2 is 2.08 bits per heavy atom. The van der Waals surface area contributed by atoms with E-state index >= 15 is 0 Å². The van der Waals surface area contributed by atoms with Gasteiger partial charge in [-0.2, -0.15) is 0 Å². The summed E-state index contributed by atoms with van der Waals surface area (Å²) in [6.07, 6.45) is 0.906. The molecule has 0 amide bonds. The Kier molecular flexibility index (Phi) is 3.70. The second-order valence-electron chi connectivity index (χ2n) is 8.49. The fourth-order valence-electron chi connectivity index (χ4n) is 5.41. The summed E-state index contributed by atoms with van der Waals surface area (Å²) in [5, 5.41) is 11.1. The Morgan fingerprint density at radius 3 is 2.73 bits per heavy atom. The number of carbonyl (C=O) groups excluding carboxylic acids is 2. The van der Waals surface area contributed by atoms with Gasteiger partial charge in [-0.3, -0.25) is 0 Å². The standard InChI is InChI=1S/C20H26O6/c1-6-9(2)17(22)24-13-8-14-20(5,26-14)16-15-11(10(3)18(23)25-15)7-12(21)19(13,16)4/h6,11-16,21H,3,7-8H2,1-2,4-5H3/b9-6-/t11-,12+,13-,14-,15-,16+,19-,20-/m0/s1. The Morgan fingerprint density at radius 1 is 1.38 bits per heavy atom. The van der Waals surface area contributed by atoms with Gasteiger partial charge in [-0.15, -0.1) is 0 Å². The van der Waals surface area contributed by atoms with Gasteiger partial charge in [-0.05, 0) is 27.2 Å². The molecule has 0 bridgehead atoms. The molecule has 6 nitrogen and oxygen atoms in total. The van der Waals surface area contributed by atoms with Gasteiger partial charge in [0.2, 0.25) is 0 Å². The minimum absolute atomic E-state index is 0.0668. The quantitative estimate of drug-likeness (QED) is 0.459. The van der Waals surface area contributed by atoms with Crippen LogP contribution in [0.4, 0.5) is 0 Å². The van der Waals surface area contributed by atoms with Gasteiger partial charge < -0.3 is 19.3 Å². The number of esters is 2. The summed E-state index contributed by atoms with van der Waals surface area (Å²) in [5.74, 6) is -1.26. The van der Waals surface area contributed by atoms with Gasteiger partial charge >= 0.3 is 11.9 Å². The number of rotatable bonds is 2. The average molecular weight is 362 g/mol. The predicted octanol–water partition coefficient (Wildman–Crippen LogP) is 1.91. The van der Waals surface area contributed by atoms with Crippen molar-refractivity contribution in [2.45, 2.75) is 70.6 Å². The average Bonchev–Trinajstić information content (AvgIpc) is 3.18. The SMILES string of the molecule is C=C1C(=O)O[C@H]2[C@H]1C[C@@H](O)[C@@]1(C)[C@@H](OC(=O)/C(C)=C\C)C[C@@H]3O[C@]3(C)[C@H]21. The van der Waals surface area contributed by atoms with Crippen LogP contribution >= 0.6 is 0 Å². The van der Waals surface area contributed by atoms with Crippen LogP contribution in [-0.4, -0.2) is 47.1 Å². The van der Waals surface area contributed by atoms with E-state index in [1.54, 1.807) is 19.9 Å². The first-order valence-electron chi connectivity index (χ1n) is 9.24. The normalized spacial score (nSPS) is 49.7.